The maximum Gasteiger partial charge on any atom is 0.433 e. The second-order valence-electron chi connectivity index (χ2n) is 4.82. The molecule has 0 aliphatic heterocycles. The first-order valence-corrected chi connectivity index (χ1v) is 6.77. The van der Waals surface area contributed by atoms with Crippen molar-refractivity contribution in [1.29, 1.82) is 0 Å². The van der Waals surface area contributed by atoms with E-state index in [9.17, 15) is 13.2 Å². The molecule has 7 heteroatoms. The number of hydrogen-bond donors (Lipinski definition) is 1. The summed E-state index contributed by atoms with van der Waals surface area (Å²) in [6.07, 6.45) is -3.46. The summed E-state index contributed by atoms with van der Waals surface area (Å²) < 4.78 is 43.0. The van der Waals surface area contributed by atoms with Gasteiger partial charge in [-0.1, -0.05) is 18.2 Å². The van der Waals surface area contributed by atoms with Gasteiger partial charge >= 0.3 is 6.18 Å². The summed E-state index contributed by atoms with van der Waals surface area (Å²) in [7, 11) is 0. The predicted octanol–water partition coefficient (Wildman–Crippen LogP) is 3.90. The van der Waals surface area contributed by atoms with Crippen LogP contribution in [0.2, 0.25) is 0 Å². The van der Waals surface area contributed by atoms with E-state index in [1.165, 1.54) is 6.07 Å². The average molecular weight is 319 g/mol. The molecule has 0 unspecified atom stereocenters. The van der Waals surface area contributed by atoms with Crippen molar-refractivity contribution < 1.29 is 17.9 Å². The number of nitrogens with zero attached hydrogens (tertiary/aromatic N) is 2. The summed E-state index contributed by atoms with van der Waals surface area (Å²) in [5.74, 6) is 0.425. The Kier molecular flexibility index (Phi) is 3.87. The summed E-state index contributed by atoms with van der Waals surface area (Å²) >= 11 is 0. The molecule has 0 atom stereocenters. The maximum atomic E-state index is 12.5. The Labute approximate surface area is 129 Å². The Hall–Kier alpha value is -2.67. The summed E-state index contributed by atoms with van der Waals surface area (Å²) in [5.41, 5.74) is 6.29. The van der Waals surface area contributed by atoms with Crippen LogP contribution in [-0.4, -0.2) is 9.97 Å². The highest BCUT2D eigenvalue weighted by molar-refractivity contribution is 5.82. The standard InChI is InChI=1S/C16H12F3N3O/c17-16(18,19)14-6-5-11(9-21-14)23-15-7-10(8-20)12-3-1-2-4-13(12)22-15/h1-7,9H,8,20H2. The van der Waals surface area contributed by atoms with Crippen molar-refractivity contribution in [3.63, 3.8) is 0 Å². The Bertz CT molecular complexity index is 832. The second-order valence-corrected chi connectivity index (χ2v) is 4.82. The van der Waals surface area contributed by atoms with E-state index < -0.39 is 11.9 Å². The fourth-order valence-corrected chi connectivity index (χ4v) is 2.17. The molecule has 0 radical (unpaired) electrons. The number of rotatable bonds is 3. The third kappa shape index (κ3) is 3.24. The average Bonchev–Trinajstić information content (AvgIpc) is 2.53. The predicted molar refractivity (Wildman–Crippen MR) is 78.9 cm³/mol. The van der Waals surface area contributed by atoms with E-state index in [0.717, 1.165) is 23.2 Å². The molecular weight excluding hydrogens is 307 g/mol. The molecule has 0 aliphatic rings. The molecule has 3 rings (SSSR count). The fraction of sp³-hybridized carbons (Fsp3) is 0.125. The van der Waals surface area contributed by atoms with Crippen molar-refractivity contribution in [2.75, 3.05) is 0 Å². The molecule has 1 aromatic carbocycles. The van der Waals surface area contributed by atoms with Gasteiger partial charge in [0.25, 0.3) is 0 Å². The first-order chi connectivity index (χ1) is 11.0. The van der Waals surface area contributed by atoms with Gasteiger partial charge in [-0.05, 0) is 23.8 Å². The Morgan fingerprint density at radius 2 is 1.87 bits per heavy atom. The Morgan fingerprint density at radius 1 is 1.09 bits per heavy atom. The molecule has 2 N–H and O–H groups in total. The van der Waals surface area contributed by atoms with Crippen molar-refractivity contribution in [2.24, 2.45) is 5.73 Å². The van der Waals surface area contributed by atoms with E-state index in [-0.39, 0.29) is 11.6 Å². The van der Waals surface area contributed by atoms with E-state index in [2.05, 4.69) is 9.97 Å². The van der Waals surface area contributed by atoms with Crippen LogP contribution in [0.3, 0.4) is 0 Å². The summed E-state index contributed by atoms with van der Waals surface area (Å²) in [6, 6.07) is 11.2. The van der Waals surface area contributed by atoms with Crippen LogP contribution in [0.15, 0.2) is 48.7 Å². The molecule has 4 nitrogen and oxygen atoms in total. The van der Waals surface area contributed by atoms with Crippen LogP contribution in [0.5, 0.6) is 11.6 Å². The van der Waals surface area contributed by atoms with Crippen LogP contribution in [0, 0.1) is 0 Å². The molecule has 0 aliphatic carbocycles. The normalized spacial score (nSPS) is 11.7. The van der Waals surface area contributed by atoms with Crippen LogP contribution in [0.4, 0.5) is 13.2 Å². The number of para-hydroxylation sites is 1. The zero-order chi connectivity index (χ0) is 16.4. The number of halogens is 3. The molecule has 118 valence electrons. The number of ether oxygens (including phenoxy) is 1. The van der Waals surface area contributed by atoms with Gasteiger partial charge < -0.3 is 10.5 Å². The third-order valence-corrected chi connectivity index (χ3v) is 3.25. The van der Waals surface area contributed by atoms with Gasteiger partial charge in [0.05, 0.1) is 11.7 Å². The van der Waals surface area contributed by atoms with Crippen LogP contribution in [0.25, 0.3) is 10.9 Å². The molecule has 3 aromatic rings. The van der Waals surface area contributed by atoms with Crippen molar-refractivity contribution in [2.45, 2.75) is 12.7 Å². The quantitative estimate of drug-likeness (QED) is 0.795. The van der Waals surface area contributed by atoms with Crippen molar-refractivity contribution >= 4 is 10.9 Å². The van der Waals surface area contributed by atoms with Gasteiger partial charge in [0.15, 0.2) is 0 Å². The topological polar surface area (TPSA) is 61.0 Å². The lowest BCUT2D eigenvalue weighted by Crippen LogP contribution is -2.07. The Morgan fingerprint density at radius 3 is 2.52 bits per heavy atom. The van der Waals surface area contributed by atoms with E-state index in [1.54, 1.807) is 6.07 Å². The minimum atomic E-state index is -4.48. The minimum absolute atomic E-state index is 0.170. The summed E-state index contributed by atoms with van der Waals surface area (Å²) in [5, 5.41) is 0.910. The number of pyridine rings is 2. The van der Waals surface area contributed by atoms with Crippen LogP contribution >= 0.6 is 0 Å². The van der Waals surface area contributed by atoms with Crippen molar-refractivity contribution in [3.8, 4) is 11.6 Å². The Balaban J connectivity index is 1.92. The number of benzene rings is 1. The van der Waals surface area contributed by atoms with Crippen LogP contribution < -0.4 is 10.5 Å². The molecular formula is C16H12F3N3O. The number of hydrogen-bond acceptors (Lipinski definition) is 4. The number of fused-ring (bicyclic) bond motifs is 1. The first kappa shape index (κ1) is 15.2. The monoisotopic (exact) mass is 319 g/mol. The summed E-state index contributed by atoms with van der Waals surface area (Å²) in [4.78, 5) is 7.67. The highest BCUT2D eigenvalue weighted by Crippen LogP contribution is 2.30. The molecule has 0 spiro atoms. The van der Waals surface area contributed by atoms with E-state index in [1.807, 2.05) is 24.3 Å². The lowest BCUT2D eigenvalue weighted by molar-refractivity contribution is -0.141. The highest BCUT2D eigenvalue weighted by atomic mass is 19.4. The number of aromatic nitrogens is 2. The van der Waals surface area contributed by atoms with E-state index in [0.29, 0.717) is 12.1 Å². The second kappa shape index (κ2) is 5.85. The maximum absolute atomic E-state index is 12.5. The summed E-state index contributed by atoms with van der Waals surface area (Å²) in [6.45, 7) is 0.296. The minimum Gasteiger partial charge on any atom is -0.437 e. The highest BCUT2D eigenvalue weighted by Gasteiger charge is 2.32. The van der Waals surface area contributed by atoms with E-state index >= 15 is 0 Å². The van der Waals surface area contributed by atoms with Gasteiger partial charge in [0.1, 0.15) is 11.4 Å². The SMILES string of the molecule is NCc1cc(Oc2ccc(C(F)(F)F)nc2)nc2ccccc12. The lowest BCUT2D eigenvalue weighted by Gasteiger charge is -2.10. The van der Waals surface area contributed by atoms with Gasteiger partial charge in [-0.15, -0.1) is 0 Å². The van der Waals surface area contributed by atoms with Gasteiger partial charge in [0.2, 0.25) is 5.88 Å². The van der Waals surface area contributed by atoms with E-state index in [4.69, 9.17) is 10.5 Å². The third-order valence-electron chi connectivity index (χ3n) is 3.25. The lowest BCUT2D eigenvalue weighted by atomic mass is 10.1. The molecule has 2 heterocycles. The van der Waals surface area contributed by atoms with Gasteiger partial charge in [-0.3, -0.25) is 0 Å². The zero-order valence-corrected chi connectivity index (χ0v) is 11.8. The van der Waals surface area contributed by atoms with Gasteiger partial charge in [-0.25, -0.2) is 9.97 Å². The van der Waals surface area contributed by atoms with Gasteiger partial charge in [0, 0.05) is 18.0 Å². The smallest absolute Gasteiger partial charge is 0.433 e. The molecule has 0 saturated carbocycles. The van der Waals surface area contributed by atoms with Crippen LogP contribution in [0.1, 0.15) is 11.3 Å². The molecule has 2 aromatic heterocycles. The molecule has 0 saturated heterocycles. The van der Waals surface area contributed by atoms with Crippen LogP contribution in [-0.2, 0) is 12.7 Å². The zero-order valence-electron chi connectivity index (χ0n) is 11.8. The number of alkyl halides is 3. The number of nitrogens with two attached hydrogens (primary N) is 1. The largest absolute Gasteiger partial charge is 0.437 e. The van der Waals surface area contributed by atoms with Crippen molar-refractivity contribution in [1.82, 2.24) is 9.97 Å². The molecule has 0 fully saturated rings. The molecule has 0 bridgehead atoms. The van der Waals surface area contributed by atoms with Gasteiger partial charge in [-0.2, -0.15) is 13.2 Å². The van der Waals surface area contributed by atoms with Crippen molar-refractivity contribution in [3.05, 3.63) is 59.9 Å². The molecule has 0 amide bonds. The fourth-order valence-electron chi connectivity index (χ4n) is 2.17. The molecule has 23 heavy (non-hydrogen) atoms. The first-order valence-electron chi connectivity index (χ1n) is 6.77.